The van der Waals surface area contributed by atoms with Crippen molar-refractivity contribution in [3.63, 3.8) is 0 Å². The number of fused-ring (bicyclic) bond motifs is 1. The molecule has 220 valence electrons. The quantitative estimate of drug-likeness (QED) is 0.409. The van der Waals surface area contributed by atoms with E-state index in [0.717, 1.165) is 29.8 Å². The number of amides is 2. The van der Waals surface area contributed by atoms with Gasteiger partial charge in [-0.3, -0.25) is 9.78 Å². The summed E-state index contributed by atoms with van der Waals surface area (Å²) in [5.41, 5.74) is 14.4. The number of hydrogen-bond donors (Lipinski definition) is 2. The summed E-state index contributed by atoms with van der Waals surface area (Å²) in [6, 6.07) is 0. The number of carbonyl (C=O) groups is 2. The molecule has 2 heterocycles. The fraction of sp³-hybridized carbons (Fsp3) is 0.750. The molecule has 1 aromatic rings. The number of anilines is 1. The minimum atomic E-state index is -2.17. The second kappa shape index (κ2) is 10.8. The van der Waals surface area contributed by atoms with Crippen LogP contribution in [0.25, 0.3) is 0 Å². The van der Waals surface area contributed by atoms with E-state index in [0.29, 0.717) is 18.7 Å². The summed E-state index contributed by atoms with van der Waals surface area (Å²) in [4.78, 5) is 31.4. The average molecular weight is 579 g/mol. The van der Waals surface area contributed by atoms with Gasteiger partial charge in [-0.25, -0.2) is 4.79 Å². The van der Waals surface area contributed by atoms with E-state index >= 15 is 0 Å². The largest absolute Gasteiger partial charge is 0.442 e. The fourth-order valence-corrected chi connectivity index (χ4v) is 7.75. The number of carbonyl (C=O) groups excluding carboxylic acids is 2. The van der Waals surface area contributed by atoms with Crippen molar-refractivity contribution in [3.05, 3.63) is 23.0 Å². The molecule has 0 saturated carbocycles. The average Bonchev–Trinajstić information content (AvgIpc) is 3.15. The molecule has 0 bridgehead atoms. The molecule has 1 aliphatic carbocycles. The molecule has 1 saturated heterocycles. The molecule has 9 nitrogen and oxygen atoms in total. The van der Waals surface area contributed by atoms with Crippen LogP contribution in [0.3, 0.4) is 0 Å². The van der Waals surface area contributed by atoms with Gasteiger partial charge in [-0.15, -0.1) is 0 Å². The number of primary amides is 2. The minimum Gasteiger partial charge on any atom is -0.442 e. The molecule has 3 rings (SSSR count). The van der Waals surface area contributed by atoms with Crippen molar-refractivity contribution in [3.8, 4) is 0 Å². The number of nitrogens with zero attached hydrogens (tertiary/aromatic N) is 2. The highest BCUT2D eigenvalue weighted by atomic mass is 28.4. The van der Waals surface area contributed by atoms with Crippen LogP contribution in [-0.4, -0.2) is 58.9 Å². The van der Waals surface area contributed by atoms with Crippen molar-refractivity contribution in [1.29, 1.82) is 0 Å². The lowest BCUT2D eigenvalue weighted by Crippen LogP contribution is -2.59. The predicted molar refractivity (Wildman–Crippen MR) is 160 cm³/mol. The van der Waals surface area contributed by atoms with Gasteiger partial charge in [0.2, 0.25) is 0 Å². The van der Waals surface area contributed by atoms with E-state index in [1.165, 1.54) is 0 Å². The third-order valence-corrected chi connectivity index (χ3v) is 18.3. The summed E-state index contributed by atoms with van der Waals surface area (Å²) >= 11 is 0. The van der Waals surface area contributed by atoms with E-state index in [9.17, 15) is 9.59 Å². The number of aromatic nitrogens is 1. The van der Waals surface area contributed by atoms with Crippen LogP contribution in [0.1, 0.15) is 82.6 Å². The molecule has 1 aromatic heterocycles. The third-order valence-electron chi connectivity index (χ3n) is 9.31. The number of pyridine rings is 1. The number of nitrogens with two attached hydrogens (primary N) is 2. The van der Waals surface area contributed by atoms with Crippen molar-refractivity contribution < 1.29 is 23.2 Å². The molecule has 1 aliphatic heterocycles. The summed E-state index contributed by atoms with van der Waals surface area (Å²) < 4.78 is 19.2. The Balaban J connectivity index is 2.01. The molecule has 2 aliphatic rings. The monoisotopic (exact) mass is 578 g/mol. The maximum atomic E-state index is 12.6. The Bertz CT molecular complexity index is 1100. The van der Waals surface area contributed by atoms with Gasteiger partial charge in [-0.1, -0.05) is 48.5 Å². The molecule has 4 N–H and O–H groups in total. The first kappa shape index (κ1) is 31.6. The first-order valence-electron chi connectivity index (χ1n) is 14.0. The van der Waals surface area contributed by atoms with Gasteiger partial charge in [0.1, 0.15) is 6.10 Å². The first-order valence-corrected chi connectivity index (χ1v) is 19.9. The van der Waals surface area contributed by atoms with Crippen LogP contribution in [0, 0.1) is 5.92 Å². The van der Waals surface area contributed by atoms with Crippen molar-refractivity contribution in [2.45, 2.75) is 116 Å². The normalized spacial score (nSPS) is 24.4. The summed E-state index contributed by atoms with van der Waals surface area (Å²) in [5.74, 6) is -0.531. The van der Waals surface area contributed by atoms with Crippen molar-refractivity contribution in [2.75, 3.05) is 18.0 Å². The molecule has 39 heavy (non-hydrogen) atoms. The van der Waals surface area contributed by atoms with Crippen LogP contribution in [-0.2, 0) is 20.0 Å². The molecule has 0 unspecified atom stereocenters. The van der Waals surface area contributed by atoms with Crippen molar-refractivity contribution in [1.82, 2.24) is 4.98 Å². The molecule has 0 spiro atoms. The second-order valence-electron chi connectivity index (χ2n) is 14.4. The summed E-state index contributed by atoms with van der Waals surface area (Å²) in [6.45, 7) is 25.1. The Hall–Kier alpha value is -1.96. The second-order valence-corrected chi connectivity index (χ2v) is 23.9. The lowest BCUT2D eigenvalue weighted by Gasteiger charge is -2.48. The standard InChI is InChI=1S/C28H50N4O5Si2/c1-17-15-32(16-21(35-26(30)34)24(17)37-39(10,11)28(5,6)7)23-18-12-13-20(36-38(8,9)27(2,3)4)22(18)31-14-19(23)25(29)33/h14,17,20-21,24H,12-13,15-16H2,1-11H3,(H2,29,33)(H2,30,34)/t17-,20+,21+,24+/m0/s1. The zero-order chi connectivity index (χ0) is 29.7. The minimum absolute atomic E-state index is 0.00227. The van der Waals surface area contributed by atoms with E-state index in [1.54, 1.807) is 6.20 Å². The van der Waals surface area contributed by atoms with Gasteiger partial charge in [-0.2, -0.15) is 0 Å². The molecular formula is C28H50N4O5Si2. The predicted octanol–water partition coefficient (Wildman–Crippen LogP) is 5.50. The molecule has 11 heteroatoms. The summed E-state index contributed by atoms with van der Waals surface area (Å²) in [5, 5.41) is 0.0534. The first-order chi connectivity index (χ1) is 17.7. The molecule has 4 atom stereocenters. The Kier molecular flexibility index (Phi) is 8.74. The Morgan fingerprint density at radius 3 is 2.05 bits per heavy atom. The SMILES string of the molecule is C[C@H]1CN(c2c(C(N)=O)cnc3c2CC[C@H]3O[Si](C)(C)C(C)(C)C)C[C@@H](OC(N)=O)[C@@H]1O[Si](C)(C)C(C)(C)C. The van der Waals surface area contributed by atoms with Crippen LogP contribution in [0.4, 0.5) is 10.5 Å². The Morgan fingerprint density at radius 2 is 1.54 bits per heavy atom. The zero-order valence-electron chi connectivity index (χ0n) is 25.8. The zero-order valence-corrected chi connectivity index (χ0v) is 27.8. The van der Waals surface area contributed by atoms with Crippen LogP contribution in [0.5, 0.6) is 0 Å². The highest BCUT2D eigenvalue weighted by Gasteiger charge is 2.47. The maximum absolute atomic E-state index is 12.6. The number of ether oxygens (including phenoxy) is 1. The summed E-state index contributed by atoms with van der Waals surface area (Å²) in [6.07, 6.45) is 1.24. The fourth-order valence-electron chi connectivity index (χ4n) is 5.04. The molecule has 2 amide bonds. The van der Waals surface area contributed by atoms with Crippen molar-refractivity contribution >= 4 is 34.3 Å². The van der Waals surface area contributed by atoms with Gasteiger partial charge >= 0.3 is 6.09 Å². The van der Waals surface area contributed by atoms with Crippen LogP contribution >= 0.6 is 0 Å². The topological polar surface area (TPSA) is 130 Å². The maximum Gasteiger partial charge on any atom is 0.404 e. The molecule has 0 aromatic carbocycles. The van der Waals surface area contributed by atoms with E-state index in [4.69, 9.17) is 30.0 Å². The van der Waals surface area contributed by atoms with E-state index < -0.39 is 34.7 Å². The molecule has 0 radical (unpaired) electrons. The molecular weight excluding hydrogens is 529 g/mol. The van der Waals surface area contributed by atoms with Crippen LogP contribution < -0.4 is 16.4 Å². The van der Waals surface area contributed by atoms with Crippen LogP contribution in [0.2, 0.25) is 36.3 Å². The van der Waals surface area contributed by atoms with E-state index in [-0.39, 0.29) is 28.2 Å². The Labute approximate surface area is 236 Å². The summed E-state index contributed by atoms with van der Waals surface area (Å²) in [7, 11) is -4.22. The number of hydrogen-bond acceptors (Lipinski definition) is 7. The van der Waals surface area contributed by atoms with Gasteiger partial charge in [0.25, 0.3) is 5.91 Å². The lowest BCUT2D eigenvalue weighted by atomic mass is 9.92. The number of rotatable bonds is 7. The van der Waals surface area contributed by atoms with Gasteiger partial charge in [0.15, 0.2) is 16.6 Å². The lowest BCUT2D eigenvalue weighted by molar-refractivity contribution is -0.0212. The van der Waals surface area contributed by atoms with Crippen LogP contribution in [0.15, 0.2) is 6.20 Å². The molecule has 1 fully saturated rings. The van der Waals surface area contributed by atoms with Gasteiger partial charge in [0, 0.05) is 24.2 Å². The van der Waals surface area contributed by atoms with Gasteiger partial charge in [-0.05, 0) is 49.1 Å². The van der Waals surface area contributed by atoms with Crippen molar-refractivity contribution in [2.24, 2.45) is 17.4 Å². The smallest absolute Gasteiger partial charge is 0.404 e. The van der Waals surface area contributed by atoms with Gasteiger partial charge < -0.3 is 30.0 Å². The van der Waals surface area contributed by atoms with E-state index in [1.807, 2.05) is 0 Å². The number of piperidine rings is 1. The third kappa shape index (κ3) is 6.52. The highest BCUT2D eigenvalue weighted by Crippen LogP contribution is 2.46. The van der Waals surface area contributed by atoms with Gasteiger partial charge in [0.05, 0.1) is 35.7 Å². The van der Waals surface area contributed by atoms with E-state index in [2.05, 4.69) is 79.6 Å². The highest BCUT2D eigenvalue weighted by molar-refractivity contribution is 6.74. The Morgan fingerprint density at radius 1 is 0.974 bits per heavy atom.